The zero-order chi connectivity index (χ0) is 8.72. The van der Waals surface area contributed by atoms with Gasteiger partial charge < -0.3 is 10.0 Å². The van der Waals surface area contributed by atoms with E-state index in [1.807, 2.05) is 16.8 Å². The Balaban J connectivity index is 2.10. The summed E-state index contributed by atoms with van der Waals surface area (Å²) in [5.41, 5.74) is 0. The molecule has 1 N–H and O–H groups in total. The molecule has 0 aromatic rings. The van der Waals surface area contributed by atoms with Gasteiger partial charge in [-0.1, -0.05) is 0 Å². The second-order valence-corrected chi connectivity index (χ2v) is 3.79. The molecule has 0 aliphatic carbocycles. The minimum absolute atomic E-state index is 0.158. The third kappa shape index (κ3) is 1.21. The van der Waals surface area contributed by atoms with Crippen LogP contribution in [0.3, 0.4) is 0 Å². The van der Waals surface area contributed by atoms with E-state index in [-0.39, 0.29) is 18.1 Å². The average Bonchev–Trinajstić information content (AvgIpc) is 2.29. The molecule has 2 aliphatic heterocycles. The normalized spacial score (nSPS) is 37.2. The molecule has 4 heteroatoms. The minimum atomic E-state index is -0.301. The molecule has 0 saturated carbocycles. The van der Waals surface area contributed by atoms with Crippen LogP contribution in [0.15, 0.2) is 0 Å². The van der Waals surface area contributed by atoms with Gasteiger partial charge in [0.25, 0.3) is 0 Å². The zero-order valence-corrected chi connectivity index (χ0v) is 7.23. The van der Waals surface area contributed by atoms with Crippen LogP contribution in [0.4, 0.5) is 0 Å². The Labute approximate surface area is 71.8 Å². The lowest BCUT2D eigenvalue weighted by atomic mass is 10.1. The molecule has 0 aromatic heterocycles. The van der Waals surface area contributed by atoms with Gasteiger partial charge in [-0.25, -0.2) is 0 Å². The number of likely N-dealkylation sites (N-methyl/N-ethyl adjacent to an activating group) is 1. The number of nitrogens with zero attached hydrogens (tertiary/aromatic N) is 2. The van der Waals surface area contributed by atoms with Crippen LogP contribution in [-0.4, -0.2) is 59.6 Å². The van der Waals surface area contributed by atoms with Gasteiger partial charge in [-0.3, -0.25) is 9.69 Å². The number of amides is 1. The van der Waals surface area contributed by atoms with E-state index in [4.69, 9.17) is 0 Å². The van der Waals surface area contributed by atoms with Crippen molar-refractivity contribution in [3.8, 4) is 0 Å². The average molecular weight is 170 g/mol. The van der Waals surface area contributed by atoms with Gasteiger partial charge in [0.1, 0.15) is 0 Å². The first-order chi connectivity index (χ1) is 5.66. The molecule has 0 unspecified atom stereocenters. The van der Waals surface area contributed by atoms with Crippen molar-refractivity contribution >= 4 is 5.91 Å². The Morgan fingerprint density at radius 3 is 3.00 bits per heavy atom. The molecule has 68 valence electrons. The topological polar surface area (TPSA) is 43.8 Å². The van der Waals surface area contributed by atoms with Crippen molar-refractivity contribution in [2.24, 2.45) is 0 Å². The summed E-state index contributed by atoms with van der Waals surface area (Å²) in [4.78, 5) is 15.2. The van der Waals surface area contributed by atoms with Gasteiger partial charge in [-0.05, 0) is 13.5 Å². The summed E-state index contributed by atoms with van der Waals surface area (Å²) >= 11 is 0. The van der Waals surface area contributed by atoms with Crippen molar-refractivity contribution in [2.75, 3.05) is 26.7 Å². The number of aliphatic hydroxyl groups is 1. The molecule has 0 bridgehead atoms. The largest absolute Gasteiger partial charge is 0.391 e. The Kier molecular flexibility index (Phi) is 1.81. The fourth-order valence-corrected chi connectivity index (χ4v) is 2.12. The number of carbonyl (C=O) groups excluding carboxylic acids is 1. The van der Waals surface area contributed by atoms with Crippen molar-refractivity contribution in [3.63, 3.8) is 0 Å². The molecule has 2 aliphatic rings. The van der Waals surface area contributed by atoms with Gasteiger partial charge in [-0.15, -0.1) is 0 Å². The van der Waals surface area contributed by atoms with Crippen LogP contribution < -0.4 is 0 Å². The highest BCUT2D eigenvalue weighted by Gasteiger charge is 2.38. The van der Waals surface area contributed by atoms with Crippen LogP contribution in [0.5, 0.6) is 0 Å². The molecule has 2 heterocycles. The van der Waals surface area contributed by atoms with E-state index in [0.29, 0.717) is 13.1 Å². The first kappa shape index (κ1) is 8.01. The number of carbonyl (C=O) groups is 1. The van der Waals surface area contributed by atoms with Crippen LogP contribution in [0.25, 0.3) is 0 Å². The van der Waals surface area contributed by atoms with Gasteiger partial charge in [0.05, 0.1) is 12.6 Å². The van der Waals surface area contributed by atoms with Crippen molar-refractivity contribution in [2.45, 2.75) is 18.6 Å². The standard InChI is InChI=1S/C8H14N2O2/c1-9-3-6-2-7(11)4-10(6)8(12)5-9/h6-7,11H,2-5H2,1H3/t6-,7-/m1/s1. The first-order valence-electron chi connectivity index (χ1n) is 4.33. The predicted molar refractivity (Wildman–Crippen MR) is 43.6 cm³/mol. The van der Waals surface area contributed by atoms with Crippen molar-refractivity contribution in [1.82, 2.24) is 9.80 Å². The number of aliphatic hydroxyl groups excluding tert-OH is 1. The summed E-state index contributed by atoms with van der Waals surface area (Å²) in [5.74, 6) is 0.158. The van der Waals surface area contributed by atoms with E-state index in [1.165, 1.54) is 0 Å². The fourth-order valence-electron chi connectivity index (χ4n) is 2.12. The van der Waals surface area contributed by atoms with Gasteiger partial charge >= 0.3 is 0 Å². The lowest BCUT2D eigenvalue weighted by Gasteiger charge is -2.34. The number of rotatable bonds is 0. The SMILES string of the molecule is CN1CC(=O)N2C[C@H](O)C[C@@H]2C1. The number of piperazine rings is 1. The van der Waals surface area contributed by atoms with Gasteiger partial charge in [0, 0.05) is 19.1 Å². The molecule has 0 spiro atoms. The summed E-state index contributed by atoms with van der Waals surface area (Å²) in [6, 6.07) is 0.256. The maximum atomic E-state index is 11.4. The van der Waals surface area contributed by atoms with Crippen molar-refractivity contribution in [3.05, 3.63) is 0 Å². The zero-order valence-electron chi connectivity index (χ0n) is 7.23. The molecule has 2 saturated heterocycles. The summed E-state index contributed by atoms with van der Waals surface area (Å²) in [6.45, 7) is 1.95. The smallest absolute Gasteiger partial charge is 0.237 e. The summed E-state index contributed by atoms with van der Waals surface area (Å²) in [7, 11) is 1.94. The first-order valence-corrected chi connectivity index (χ1v) is 4.33. The monoisotopic (exact) mass is 170 g/mol. The third-order valence-corrected chi connectivity index (χ3v) is 2.64. The third-order valence-electron chi connectivity index (χ3n) is 2.64. The molecule has 2 fully saturated rings. The predicted octanol–water partition coefficient (Wildman–Crippen LogP) is -1.11. The van der Waals surface area contributed by atoms with E-state index in [1.54, 1.807) is 0 Å². The van der Waals surface area contributed by atoms with Gasteiger partial charge in [-0.2, -0.15) is 0 Å². The molecule has 1 amide bonds. The Morgan fingerprint density at radius 2 is 2.25 bits per heavy atom. The molecular formula is C8H14N2O2. The number of hydrogen-bond acceptors (Lipinski definition) is 3. The lowest BCUT2D eigenvalue weighted by Crippen LogP contribution is -2.52. The van der Waals surface area contributed by atoms with Crippen LogP contribution in [0.2, 0.25) is 0 Å². The molecule has 4 nitrogen and oxygen atoms in total. The molecule has 12 heavy (non-hydrogen) atoms. The molecule has 2 atom stereocenters. The highest BCUT2D eigenvalue weighted by atomic mass is 16.3. The Hall–Kier alpha value is -0.610. The number of hydrogen-bond donors (Lipinski definition) is 1. The number of fused-ring (bicyclic) bond motifs is 1. The Bertz CT molecular complexity index is 207. The Morgan fingerprint density at radius 1 is 1.50 bits per heavy atom. The molecule has 0 radical (unpaired) electrons. The second kappa shape index (κ2) is 2.71. The summed E-state index contributed by atoms with van der Waals surface area (Å²) < 4.78 is 0. The second-order valence-electron chi connectivity index (χ2n) is 3.79. The van der Waals surface area contributed by atoms with E-state index >= 15 is 0 Å². The van der Waals surface area contributed by atoms with Crippen molar-refractivity contribution < 1.29 is 9.90 Å². The van der Waals surface area contributed by atoms with E-state index in [9.17, 15) is 9.90 Å². The maximum absolute atomic E-state index is 11.4. The van der Waals surface area contributed by atoms with Crippen LogP contribution in [0.1, 0.15) is 6.42 Å². The fraction of sp³-hybridized carbons (Fsp3) is 0.875. The lowest BCUT2D eigenvalue weighted by molar-refractivity contribution is -0.137. The molecule has 2 rings (SSSR count). The van der Waals surface area contributed by atoms with Crippen LogP contribution in [0, 0.1) is 0 Å². The highest BCUT2D eigenvalue weighted by molar-refractivity contribution is 5.79. The van der Waals surface area contributed by atoms with Gasteiger partial charge in [0.15, 0.2) is 0 Å². The molecular weight excluding hydrogens is 156 g/mol. The van der Waals surface area contributed by atoms with E-state index < -0.39 is 0 Å². The quantitative estimate of drug-likeness (QED) is 0.501. The highest BCUT2D eigenvalue weighted by Crippen LogP contribution is 2.21. The van der Waals surface area contributed by atoms with E-state index in [2.05, 4.69) is 0 Å². The van der Waals surface area contributed by atoms with Gasteiger partial charge in [0.2, 0.25) is 5.91 Å². The molecule has 0 aromatic carbocycles. The summed E-state index contributed by atoms with van der Waals surface area (Å²) in [6.07, 6.45) is 0.446. The summed E-state index contributed by atoms with van der Waals surface area (Å²) in [5, 5.41) is 9.35. The van der Waals surface area contributed by atoms with Crippen molar-refractivity contribution in [1.29, 1.82) is 0 Å². The van der Waals surface area contributed by atoms with Crippen LogP contribution in [-0.2, 0) is 4.79 Å². The van der Waals surface area contributed by atoms with E-state index in [0.717, 1.165) is 13.0 Å². The maximum Gasteiger partial charge on any atom is 0.237 e. The minimum Gasteiger partial charge on any atom is -0.391 e. The van der Waals surface area contributed by atoms with Crippen LogP contribution >= 0.6 is 0 Å².